The third-order valence-electron chi connectivity index (χ3n) is 2.78. The van der Waals surface area contributed by atoms with E-state index in [1.807, 2.05) is 0 Å². The normalized spacial score (nSPS) is 18.4. The average Bonchev–Trinajstić information content (AvgIpc) is 2.27. The number of carbonyl (C=O) groups excluding carboxylic acids is 1. The third kappa shape index (κ3) is 2.22. The highest BCUT2D eigenvalue weighted by Gasteiger charge is 2.81. The summed E-state index contributed by atoms with van der Waals surface area (Å²) in [6.07, 6.45) is 0. The van der Waals surface area contributed by atoms with Crippen LogP contribution in [0.2, 0.25) is 0 Å². The molecule has 13 heteroatoms. The Hall–Kier alpha value is -1.87. The molecule has 0 aromatic carbocycles. The van der Waals surface area contributed by atoms with E-state index >= 15 is 0 Å². The van der Waals surface area contributed by atoms with Gasteiger partial charge in [0.15, 0.2) is 0 Å². The standard InChI is InChI=1S/C8H13NO12/c1-5(15,16)6(17,3(11)12)7(21-20,4(13)14)8(18,19)2(9)10/h15-20H,1H3,(H2,9,10)(H,11,12)(H,13,14). The molecule has 10 N–H and O–H groups in total. The van der Waals surface area contributed by atoms with Gasteiger partial charge in [0.25, 0.3) is 17.3 Å². The van der Waals surface area contributed by atoms with Crippen LogP contribution in [0, 0.1) is 0 Å². The van der Waals surface area contributed by atoms with Gasteiger partial charge in [0.05, 0.1) is 0 Å². The fraction of sp³-hybridized carbons (Fsp3) is 0.625. The molecule has 0 spiro atoms. The van der Waals surface area contributed by atoms with Gasteiger partial charge >= 0.3 is 17.5 Å². The number of carboxylic acids is 2. The molecule has 2 atom stereocenters. The molecule has 13 nitrogen and oxygen atoms in total. The molecule has 0 aromatic heterocycles. The van der Waals surface area contributed by atoms with Crippen LogP contribution in [0.25, 0.3) is 0 Å². The highest BCUT2D eigenvalue weighted by Crippen LogP contribution is 2.41. The predicted molar refractivity (Wildman–Crippen MR) is 55.9 cm³/mol. The van der Waals surface area contributed by atoms with Crippen LogP contribution in [0.3, 0.4) is 0 Å². The van der Waals surface area contributed by atoms with Crippen LogP contribution < -0.4 is 5.73 Å². The number of aliphatic hydroxyl groups is 5. The van der Waals surface area contributed by atoms with Gasteiger partial charge in [-0.25, -0.2) is 14.5 Å². The van der Waals surface area contributed by atoms with Crippen molar-refractivity contribution in [3.8, 4) is 0 Å². The maximum atomic E-state index is 11.1. The molecule has 122 valence electrons. The third-order valence-corrected chi connectivity index (χ3v) is 2.78. The number of amides is 1. The summed E-state index contributed by atoms with van der Waals surface area (Å²) < 4.78 is 0. The molecule has 0 saturated carbocycles. The molecule has 1 amide bonds. The second-order valence-corrected chi connectivity index (χ2v) is 4.15. The minimum Gasteiger partial charge on any atom is -0.479 e. The van der Waals surface area contributed by atoms with E-state index in [0.29, 0.717) is 0 Å². The number of hydrogen-bond acceptors (Lipinski definition) is 10. The first-order valence-corrected chi connectivity index (χ1v) is 4.85. The largest absolute Gasteiger partial charge is 0.479 e. The topological polar surface area (TPSA) is 248 Å². The molecule has 0 bridgehead atoms. The van der Waals surface area contributed by atoms with Gasteiger partial charge in [0, 0.05) is 0 Å². The van der Waals surface area contributed by atoms with Crippen LogP contribution in [0.5, 0.6) is 0 Å². The Morgan fingerprint density at radius 1 is 0.952 bits per heavy atom. The van der Waals surface area contributed by atoms with Crippen LogP contribution in [0.4, 0.5) is 0 Å². The molecule has 0 aliphatic rings. The minimum atomic E-state index is -4.62. The van der Waals surface area contributed by atoms with Crippen molar-refractivity contribution >= 4 is 17.8 Å². The molecule has 0 fully saturated rings. The van der Waals surface area contributed by atoms with Gasteiger partial charge in [0.1, 0.15) is 0 Å². The zero-order valence-electron chi connectivity index (χ0n) is 10.3. The van der Waals surface area contributed by atoms with E-state index in [1.54, 1.807) is 0 Å². The number of hydrogen-bond donors (Lipinski definition) is 9. The quantitative estimate of drug-likeness (QED) is 0.122. The Balaban J connectivity index is 6.90. The molecular weight excluding hydrogens is 302 g/mol. The zero-order chi connectivity index (χ0) is 17.4. The molecule has 0 radical (unpaired) electrons. The number of carbonyl (C=O) groups is 3. The summed E-state index contributed by atoms with van der Waals surface area (Å²) in [5.41, 5.74) is -4.72. The van der Waals surface area contributed by atoms with Crippen LogP contribution in [-0.2, 0) is 19.3 Å². The Morgan fingerprint density at radius 3 is 1.48 bits per heavy atom. The Morgan fingerprint density at radius 2 is 1.33 bits per heavy atom. The van der Waals surface area contributed by atoms with Gasteiger partial charge in [-0.2, -0.15) is 0 Å². The van der Waals surface area contributed by atoms with Crippen molar-refractivity contribution in [2.24, 2.45) is 5.73 Å². The van der Waals surface area contributed by atoms with Crippen molar-refractivity contribution in [1.82, 2.24) is 0 Å². The molecule has 0 aliphatic heterocycles. The SMILES string of the molecule is CC(O)(O)C(O)(C(=O)O)C(OO)(C(=O)O)C(O)(O)C(N)=O. The smallest absolute Gasteiger partial charge is 0.349 e. The van der Waals surface area contributed by atoms with Gasteiger partial charge in [-0.3, -0.25) is 10.1 Å². The Kier molecular flexibility index (Phi) is 4.69. The predicted octanol–water partition coefficient (Wildman–Crippen LogP) is -5.02. The van der Waals surface area contributed by atoms with Crippen LogP contribution in [0.15, 0.2) is 0 Å². The van der Waals surface area contributed by atoms with E-state index in [4.69, 9.17) is 15.5 Å². The van der Waals surface area contributed by atoms with E-state index in [0.717, 1.165) is 0 Å². The van der Waals surface area contributed by atoms with Crippen LogP contribution in [-0.4, -0.2) is 81.6 Å². The molecule has 0 heterocycles. The second kappa shape index (κ2) is 5.15. The fourth-order valence-electron chi connectivity index (χ4n) is 1.59. The van der Waals surface area contributed by atoms with E-state index in [9.17, 15) is 39.9 Å². The first kappa shape index (κ1) is 19.1. The van der Waals surface area contributed by atoms with E-state index < -0.39 is 40.6 Å². The highest BCUT2D eigenvalue weighted by molar-refractivity contribution is 5.99. The summed E-state index contributed by atoms with van der Waals surface area (Å²) >= 11 is 0. The maximum absolute atomic E-state index is 11.1. The Labute approximate surface area is 115 Å². The van der Waals surface area contributed by atoms with Crippen LogP contribution >= 0.6 is 0 Å². The number of carboxylic acid groups (broad SMARTS) is 2. The summed E-state index contributed by atoms with van der Waals surface area (Å²) in [6, 6.07) is 0. The minimum absolute atomic E-state index is 0.106. The number of nitrogens with two attached hydrogens (primary N) is 1. The summed E-state index contributed by atoms with van der Waals surface area (Å²) in [7, 11) is 0. The van der Waals surface area contributed by atoms with Crippen molar-refractivity contribution in [3.05, 3.63) is 0 Å². The lowest BCUT2D eigenvalue weighted by Crippen LogP contribution is -2.83. The highest BCUT2D eigenvalue weighted by atomic mass is 17.1. The number of aliphatic carboxylic acids is 2. The number of primary amides is 1. The molecule has 0 aliphatic carbocycles. The first-order chi connectivity index (χ1) is 9.14. The monoisotopic (exact) mass is 315 g/mol. The lowest BCUT2D eigenvalue weighted by atomic mass is 9.71. The summed E-state index contributed by atoms with van der Waals surface area (Å²) in [5.74, 6) is -16.6. The molecule has 0 saturated heterocycles. The van der Waals surface area contributed by atoms with Gasteiger partial charge in [0.2, 0.25) is 5.79 Å². The van der Waals surface area contributed by atoms with Crippen molar-refractivity contribution in [2.75, 3.05) is 0 Å². The van der Waals surface area contributed by atoms with E-state index in [-0.39, 0.29) is 6.92 Å². The molecule has 21 heavy (non-hydrogen) atoms. The summed E-state index contributed by atoms with van der Waals surface area (Å²) in [6.45, 7) is 0.106. The van der Waals surface area contributed by atoms with Gasteiger partial charge in [-0.05, 0) is 6.92 Å². The lowest BCUT2D eigenvalue weighted by molar-refractivity contribution is -0.439. The van der Waals surface area contributed by atoms with E-state index in [2.05, 4.69) is 10.6 Å². The van der Waals surface area contributed by atoms with Crippen LogP contribution in [0.1, 0.15) is 6.92 Å². The lowest BCUT2D eigenvalue weighted by Gasteiger charge is -2.47. The zero-order valence-corrected chi connectivity index (χ0v) is 10.3. The van der Waals surface area contributed by atoms with Gasteiger partial charge in [-0.1, -0.05) is 0 Å². The average molecular weight is 315 g/mol. The second-order valence-electron chi connectivity index (χ2n) is 4.15. The van der Waals surface area contributed by atoms with Crippen molar-refractivity contribution in [3.63, 3.8) is 0 Å². The molecular formula is C8H13NO12. The fourth-order valence-corrected chi connectivity index (χ4v) is 1.59. The van der Waals surface area contributed by atoms with Crippen molar-refractivity contribution in [1.29, 1.82) is 0 Å². The maximum Gasteiger partial charge on any atom is 0.349 e. The molecule has 0 rings (SSSR count). The van der Waals surface area contributed by atoms with E-state index in [1.165, 1.54) is 0 Å². The number of rotatable bonds is 7. The molecule has 2 unspecified atom stereocenters. The molecule has 0 aromatic rings. The van der Waals surface area contributed by atoms with Crippen molar-refractivity contribution in [2.45, 2.75) is 29.7 Å². The van der Waals surface area contributed by atoms with Gasteiger partial charge in [-0.15, -0.1) is 0 Å². The summed E-state index contributed by atoms with van der Waals surface area (Å²) in [4.78, 5) is 36.2. The summed E-state index contributed by atoms with van der Waals surface area (Å²) in [5, 5.41) is 73.5. The Bertz CT molecular complexity index is 466. The first-order valence-electron chi connectivity index (χ1n) is 4.85. The van der Waals surface area contributed by atoms with Gasteiger partial charge < -0.3 is 41.5 Å². The van der Waals surface area contributed by atoms with Crippen molar-refractivity contribution < 1.29 is 60.3 Å².